The quantitative estimate of drug-likeness (QED) is 0.802. The van der Waals surface area contributed by atoms with Gasteiger partial charge < -0.3 is 4.74 Å². The van der Waals surface area contributed by atoms with E-state index in [1.165, 1.54) is 18.2 Å². The highest BCUT2D eigenvalue weighted by atomic mass is 35.5. The standard InChI is InChI=1S/C14H10Cl3NO4S/c15-9-2-1-8(13(17)5-9)7-22-14(19)11-6-10(23(18,20)21)3-4-12(11)16/h1-6H,7H2,(H2,18,20,21). The lowest BCUT2D eigenvalue weighted by Crippen LogP contribution is -2.14. The summed E-state index contributed by atoms with van der Waals surface area (Å²) in [6.07, 6.45) is 0. The fraction of sp³-hybridized carbons (Fsp3) is 0.0714. The second-order valence-corrected chi connectivity index (χ2v) is 7.31. The Bertz CT molecular complexity index is 868. The Balaban J connectivity index is 2.21. The van der Waals surface area contributed by atoms with Gasteiger partial charge in [0.2, 0.25) is 10.0 Å². The third-order valence-electron chi connectivity index (χ3n) is 2.86. The van der Waals surface area contributed by atoms with E-state index in [1.54, 1.807) is 12.1 Å². The van der Waals surface area contributed by atoms with Gasteiger partial charge in [0.15, 0.2) is 0 Å². The van der Waals surface area contributed by atoms with Crippen LogP contribution in [0.3, 0.4) is 0 Å². The minimum absolute atomic E-state index is 0.0459. The molecule has 0 amide bonds. The summed E-state index contributed by atoms with van der Waals surface area (Å²) < 4.78 is 27.8. The van der Waals surface area contributed by atoms with Crippen molar-refractivity contribution in [2.75, 3.05) is 0 Å². The van der Waals surface area contributed by atoms with Crippen molar-refractivity contribution in [1.82, 2.24) is 0 Å². The highest BCUT2D eigenvalue weighted by Crippen LogP contribution is 2.24. The van der Waals surface area contributed by atoms with Crippen LogP contribution in [0.1, 0.15) is 15.9 Å². The predicted octanol–water partition coefficient (Wildman–Crippen LogP) is 3.65. The number of benzene rings is 2. The number of primary sulfonamides is 1. The van der Waals surface area contributed by atoms with Crippen LogP contribution in [0.2, 0.25) is 15.1 Å². The summed E-state index contributed by atoms with van der Waals surface area (Å²) in [5.74, 6) is -0.800. The van der Waals surface area contributed by atoms with Crippen LogP contribution < -0.4 is 5.14 Å². The van der Waals surface area contributed by atoms with Crippen LogP contribution in [0.4, 0.5) is 0 Å². The molecule has 0 aliphatic rings. The molecule has 122 valence electrons. The molecular weight excluding hydrogens is 385 g/mol. The van der Waals surface area contributed by atoms with Crippen molar-refractivity contribution in [2.24, 2.45) is 5.14 Å². The molecule has 2 aromatic carbocycles. The minimum Gasteiger partial charge on any atom is -0.457 e. The Hall–Kier alpha value is -1.31. The molecule has 0 aromatic heterocycles. The number of esters is 1. The first-order valence-corrected chi connectivity index (χ1v) is 8.80. The van der Waals surface area contributed by atoms with E-state index in [-0.39, 0.29) is 22.1 Å². The number of carbonyl (C=O) groups excluding carboxylic acids is 1. The van der Waals surface area contributed by atoms with Gasteiger partial charge in [-0.3, -0.25) is 0 Å². The molecular formula is C14H10Cl3NO4S. The van der Waals surface area contributed by atoms with E-state index in [2.05, 4.69) is 0 Å². The SMILES string of the molecule is NS(=O)(=O)c1ccc(Cl)c(C(=O)OCc2ccc(Cl)cc2Cl)c1. The normalized spacial score (nSPS) is 11.3. The average molecular weight is 395 g/mol. The van der Waals surface area contributed by atoms with E-state index in [0.717, 1.165) is 6.07 Å². The molecule has 2 N–H and O–H groups in total. The Morgan fingerprint density at radius 3 is 2.35 bits per heavy atom. The van der Waals surface area contributed by atoms with Crippen LogP contribution in [-0.2, 0) is 21.4 Å². The van der Waals surface area contributed by atoms with Crippen molar-refractivity contribution < 1.29 is 17.9 Å². The van der Waals surface area contributed by atoms with Gasteiger partial charge in [-0.05, 0) is 30.3 Å². The Morgan fingerprint density at radius 1 is 1.04 bits per heavy atom. The van der Waals surface area contributed by atoms with Gasteiger partial charge in [0.1, 0.15) is 6.61 Å². The molecule has 0 aliphatic heterocycles. The first-order chi connectivity index (χ1) is 10.7. The van der Waals surface area contributed by atoms with Gasteiger partial charge in [0.25, 0.3) is 0 Å². The van der Waals surface area contributed by atoms with Gasteiger partial charge in [-0.25, -0.2) is 18.4 Å². The smallest absolute Gasteiger partial charge is 0.340 e. The number of nitrogens with two attached hydrogens (primary N) is 1. The van der Waals surface area contributed by atoms with E-state index in [1.807, 2.05) is 0 Å². The summed E-state index contributed by atoms with van der Waals surface area (Å²) in [5, 5.41) is 5.86. The molecule has 5 nitrogen and oxygen atoms in total. The Kier molecular flexibility index (Phi) is 5.54. The lowest BCUT2D eigenvalue weighted by Gasteiger charge is -2.09. The van der Waals surface area contributed by atoms with Crippen molar-refractivity contribution in [1.29, 1.82) is 0 Å². The van der Waals surface area contributed by atoms with E-state index in [0.29, 0.717) is 15.6 Å². The maximum atomic E-state index is 12.1. The van der Waals surface area contributed by atoms with Crippen molar-refractivity contribution in [3.05, 3.63) is 62.6 Å². The summed E-state index contributed by atoms with van der Waals surface area (Å²) in [6, 6.07) is 8.24. The number of carbonyl (C=O) groups is 1. The van der Waals surface area contributed by atoms with Crippen molar-refractivity contribution in [3.8, 4) is 0 Å². The highest BCUT2D eigenvalue weighted by Gasteiger charge is 2.17. The van der Waals surface area contributed by atoms with Crippen molar-refractivity contribution in [2.45, 2.75) is 11.5 Å². The molecule has 0 saturated carbocycles. The number of rotatable bonds is 4. The Labute approximate surface area is 148 Å². The predicted molar refractivity (Wildman–Crippen MR) is 88.4 cm³/mol. The van der Waals surface area contributed by atoms with Crippen LogP contribution in [0.5, 0.6) is 0 Å². The monoisotopic (exact) mass is 393 g/mol. The molecule has 0 unspecified atom stereocenters. The fourth-order valence-electron chi connectivity index (χ4n) is 1.70. The second-order valence-electron chi connectivity index (χ2n) is 4.50. The zero-order valence-corrected chi connectivity index (χ0v) is 14.5. The molecule has 0 fully saturated rings. The third kappa shape index (κ3) is 4.59. The summed E-state index contributed by atoms with van der Waals surface area (Å²) in [6.45, 7) is -0.120. The first kappa shape index (κ1) is 18.0. The highest BCUT2D eigenvalue weighted by molar-refractivity contribution is 7.89. The molecule has 0 aliphatic carbocycles. The maximum Gasteiger partial charge on any atom is 0.340 e. The van der Waals surface area contributed by atoms with Gasteiger partial charge in [0.05, 0.1) is 15.5 Å². The van der Waals surface area contributed by atoms with E-state index in [9.17, 15) is 13.2 Å². The van der Waals surface area contributed by atoms with Crippen LogP contribution in [0, 0.1) is 0 Å². The number of hydrogen-bond acceptors (Lipinski definition) is 4. The van der Waals surface area contributed by atoms with E-state index >= 15 is 0 Å². The summed E-state index contributed by atoms with van der Waals surface area (Å²) in [4.78, 5) is 11.8. The third-order valence-corrected chi connectivity index (χ3v) is 4.69. The molecule has 9 heteroatoms. The first-order valence-electron chi connectivity index (χ1n) is 6.12. The summed E-state index contributed by atoms with van der Waals surface area (Å²) in [5.41, 5.74) is 0.436. The Morgan fingerprint density at radius 2 is 1.74 bits per heavy atom. The average Bonchev–Trinajstić information content (AvgIpc) is 2.45. The molecule has 2 aromatic rings. The van der Waals surface area contributed by atoms with E-state index in [4.69, 9.17) is 44.7 Å². The van der Waals surface area contributed by atoms with Crippen LogP contribution in [0.15, 0.2) is 41.3 Å². The largest absolute Gasteiger partial charge is 0.457 e. The lowest BCUT2D eigenvalue weighted by atomic mass is 10.2. The van der Waals surface area contributed by atoms with Crippen LogP contribution in [-0.4, -0.2) is 14.4 Å². The second kappa shape index (κ2) is 7.07. The lowest BCUT2D eigenvalue weighted by molar-refractivity contribution is 0.0473. The number of ether oxygens (including phenoxy) is 1. The van der Waals surface area contributed by atoms with Gasteiger partial charge in [-0.1, -0.05) is 40.9 Å². The molecule has 2 rings (SSSR count). The van der Waals surface area contributed by atoms with Crippen molar-refractivity contribution >= 4 is 50.8 Å². The van der Waals surface area contributed by atoms with Gasteiger partial charge in [-0.15, -0.1) is 0 Å². The van der Waals surface area contributed by atoms with Gasteiger partial charge >= 0.3 is 5.97 Å². The van der Waals surface area contributed by atoms with Crippen LogP contribution >= 0.6 is 34.8 Å². The molecule has 0 saturated heterocycles. The topological polar surface area (TPSA) is 86.5 Å². The summed E-state index contributed by atoms with van der Waals surface area (Å²) in [7, 11) is -3.96. The maximum absolute atomic E-state index is 12.1. The fourth-order valence-corrected chi connectivity index (χ4v) is 2.90. The zero-order valence-electron chi connectivity index (χ0n) is 11.4. The minimum atomic E-state index is -3.96. The molecule has 0 heterocycles. The zero-order chi connectivity index (χ0) is 17.2. The van der Waals surface area contributed by atoms with Gasteiger partial charge in [0, 0.05) is 15.6 Å². The van der Waals surface area contributed by atoms with Gasteiger partial charge in [-0.2, -0.15) is 0 Å². The number of halogens is 3. The molecule has 0 radical (unpaired) electrons. The molecule has 23 heavy (non-hydrogen) atoms. The molecule has 0 spiro atoms. The molecule has 0 atom stereocenters. The molecule has 0 bridgehead atoms. The number of sulfonamides is 1. The van der Waals surface area contributed by atoms with E-state index < -0.39 is 16.0 Å². The van der Waals surface area contributed by atoms with Crippen LogP contribution in [0.25, 0.3) is 0 Å². The summed E-state index contributed by atoms with van der Waals surface area (Å²) >= 11 is 17.7. The number of hydrogen-bond donors (Lipinski definition) is 1. The van der Waals surface area contributed by atoms with Crippen molar-refractivity contribution in [3.63, 3.8) is 0 Å².